The van der Waals surface area contributed by atoms with Gasteiger partial charge in [-0.2, -0.15) is 0 Å². The fourth-order valence-corrected chi connectivity index (χ4v) is 9.88. The van der Waals surface area contributed by atoms with Gasteiger partial charge in [-0.05, 0) is 83.6 Å². The Hall–Kier alpha value is -1.58. The molecule has 3 saturated carbocycles. The van der Waals surface area contributed by atoms with Crippen LogP contribution < -0.4 is 0 Å². The number of ether oxygens (including phenoxy) is 3. The van der Waals surface area contributed by atoms with E-state index < -0.39 is 46.6 Å². The van der Waals surface area contributed by atoms with Crippen molar-refractivity contribution in [1.82, 2.24) is 0 Å². The topological polar surface area (TPSA) is 123 Å². The summed E-state index contributed by atoms with van der Waals surface area (Å²) in [6, 6.07) is 0. The minimum absolute atomic E-state index is 0.136. The van der Waals surface area contributed by atoms with Crippen molar-refractivity contribution in [3.8, 4) is 0 Å². The molecular formula is C29H40O8. The smallest absolute Gasteiger partial charge is 0.334 e. The van der Waals surface area contributed by atoms with E-state index in [9.17, 15) is 24.9 Å². The van der Waals surface area contributed by atoms with Gasteiger partial charge in [0.05, 0.1) is 17.6 Å². The van der Waals surface area contributed by atoms with E-state index in [1.165, 1.54) is 0 Å². The highest BCUT2D eigenvalue weighted by atomic mass is 16.7. The number of esters is 1. The standard InChI is InChI=1S/C29H40O8/c1-14-11-22(36-24(33)15(14)2)27(4)19-13-18(30)23-16-12-21(32)29(34)9-6-7-20(31)26(29,3)17(16)8-10-28(19,23)25(35-5)37-27/h6-7,16-19,21-23,25,30,32,34H,8-13H2,1-5H3/t16-,17+,18?,19-,21?,22?,23-,25?,26+,27-,28+,29+/m1/s1. The van der Waals surface area contributed by atoms with Gasteiger partial charge in [-0.3, -0.25) is 4.79 Å². The fraction of sp³-hybridized carbons (Fsp3) is 0.793. The zero-order valence-corrected chi connectivity index (χ0v) is 22.4. The van der Waals surface area contributed by atoms with Crippen molar-refractivity contribution in [1.29, 1.82) is 0 Å². The third kappa shape index (κ3) is 2.91. The zero-order chi connectivity index (χ0) is 26.7. The Kier molecular flexibility index (Phi) is 5.54. The van der Waals surface area contributed by atoms with Gasteiger partial charge in [0.25, 0.3) is 0 Å². The Morgan fingerprint density at radius 3 is 2.54 bits per heavy atom. The lowest BCUT2D eigenvalue weighted by Crippen LogP contribution is -2.70. The van der Waals surface area contributed by atoms with Crippen LogP contribution in [0.4, 0.5) is 0 Å². The van der Waals surface area contributed by atoms with Gasteiger partial charge in [0.1, 0.15) is 17.3 Å². The molecule has 4 aliphatic carbocycles. The van der Waals surface area contributed by atoms with Crippen molar-refractivity contribution in [3.63, 3.8) is 0 Å². The van der Waals surface area contributed by atoms with E-state index in [0.717, 1.165) is 5.57 Å². The van der Waals surface area contributed by atoms with Crippen LogP contribution in [0.25, 0.3) is 0 Å². The maximum atomic E-state index is 13.4. The summed E-state index contributed by atoms with van der Waals surface area (Å²) in [5, 5.41) is 34.6. The largest absolute Gasteiger partial charge is 0.456 e. The van der Waals surface area contributed by atoms with Gasteiger partial charge in [-0.1, -0.05) is 11.6 Å². The molecular weight excluding hydrogens is 476 g/mol. The molecule has 2 heterocycles. The molecule has 0 aromatic carbocycles. The van der Waals surface area contributed by atoms with Crippen molar-refractivity contribution < 1.29 is 39.1 Å². The highest BCUT2D eigenvalue weighted by molar-refractivity contribution is 5.97. The van der Waals surface area contributed by atoms with E-state index in [4.69, 9.17) is 14.2 Å². The first-order valence-electron chi connectivity index (χ1n) is 13.7. The predicted molar refractivity (Wildman–Crippen MR) is 132 cm³/mol. The molecule has 1 spiro atoms. The number of aliphatic hydroxyl groups excluding tert-OH is 2. The van der Waals surface area contributed by atoms with Crippen molar-refractivity contribution in [3.05, 3.63) is 23.3 Å². The summed E-state index contributed by atoms with van der Waals surface area (Å²) in [5.41, 5.74) is -2.46. The number of aliphatic hydroxyl groups is 3. The Balaban J connectivity index is 1.42. The molecule has 0 aromatic rings. The number of rotatable bonds is 2. The molecule has 204 valence electrons. The van der Waals surface area contributed by atoms with Crippen molar-refractivity contribution in [2.45, 2.75) is 102 Å². The summed E-state index contributed by atoms with van der Waals surface area (Å²) < 4.78 is 18.6. The van der Waals surface area contributed by atoms with Gasteiger partial charge in [-0.15, -0.1) is 0 Å². The molecule has 0 bridgehead atoms. The first kappa shape index (κ1) is 25.7. The molecule has 4 unspecified atom stereocenters. The molecule has 0 amide bonds. The summed E-state index contributed by atoms with van der Waals surface area (Å²) in [6.07, 6.45) is 3.19. The van der Waals surface area contributed by atoms with Gasteiger partial charge < -0.3 is 29.5 Å². The Labute approximate surface area is 218 Å². The SMILES string of the molecule is COC1O[C@@](C)(C2CC(C)=C(C)C(=O)O2)[C@H]2CC(O)[C@H]3[C@@H]4CC(O)[C@@]5(O)CC=CC(=O)[C@]5(C)[C@H]4CC[C@@]132. The predicted octanol–water partition coefficient (Wildman–Crippen LogP) is 2.44. The molecule has 8 heteroatoms. The lowest BCUT2D eigenvalue weighted by molar-refractivity contribution is -0.259. The average Bonchev–Trinajstić information content (AvgIpc) is 3.28. The van der Waals surface area contributed by atoms with E-state index in [0.29, 0.717) is 37.7 Å². The Bertz CT molecular complexity index is 1100. The molecule has 0 aromatic heterocycles. The molecule has 3 N–H and O–H groups in total. The summed E-state index contributed by atoms with van der Waals surface area (Å²) in [4.78, 5) is 26.0. The number of hydrogen-bond acceptors (Lipinski definition) is 8. The second-order valence-corrected chi connectivity index (χ2v) is 13.0. The number of hydrogen-bond donors (Lipinski definition) is 3. The quantitative estimate of drug-likeness (QED) is 0.479. The van der Waals surface area contributed by atoms with Crippen LogP contribution in [0.3, 0.4) is 0 Å². The number of ketones is 1. The summed E-state index contributed by atoms with van der Waals surface area (Å²) in [6.45, 7) is 7.51. The van der Waals surface area contributed by atoms with Crippen molar-refractivity contribution >= 4 is 11.8 Å². The second kappa shape index (κ2) is 7.98. The molecule has 6 rings (SSSR count). The monoisotopic (exact) mass is 516 g/mol. The molecule has 2 aliphatic heterocycles. The molecule has 1 saturated heterocycles. The number of carbonyl (C=O) groups excluding carboxylic acids is 2. The van der Waals surface area contributed by atoms with Crippen LogP contribution in [0.5, 0.6) is 0 Å². The van der Waals surface area contributed by atoms with Gasteiger partial charge >= 0.3 is 5.97 Å². The molecule has 0 radical (unpaired) electrons. The van der Waals surface area contributed by atoms with Crippen LogP contribution in [0.15, 0.2) is 23.3 Å². The number of cyclic esters (lactones) is 1. The highest BCUT2D eigenvalue weighted by Gasteiger charge is 2.77. The first-order chi connectivity index (χ1) is 17.4. The van der Waals surface area contributed by atoms with Gasteiger partial charge in [0, 0.05) is 30.4 Å². The number of allylic oxidation sites excluding steroid dienone is 1. The van der Waals surface area contributed by atoms with Crippen LogP contribution in [0.2, 0.25) is 0 Å². The summed E-state index contributed by atoms with van der Waals surface area (Å²) >= 11 is 0. The molecule has 8 nitrogen and oxygen atoms in total. The van der Waals surface area contributed by atoms with E-state index in [1.54, 1.807) is 33.1 Å². The Morgan fingerprint density at radius 2 is 1.86 bits per heavy atom. The first-order valence-corrected chi connectivity index (χ1v) is 13.7. The normalized spacial score (nSPS) is 54.9. The van der Waals surface area contributed by atoms with E-state index >= 15 is 0 Å². The third-order valence-corrected chi connectivity index (χ3v) is 12.0. The van der Waals surface area contributed by atoms with Gasteiger partial charge in [-0.25, -0.2) is 4.79 Å². The fourth-order valence-electron chi connectivity index (χ4n) is 9.88. The number of fused-ring (bicyclic) bond motifs is 4. The number of carbonyl (C=O) groups is 2. The van der Waals surface area contributed by atoms with Crippen molar-refractivity contribution in [2.24, 2.45) is 34.5 Å². The summed E-state index contributed by atoms with van der Waals surface area (Å²) in [7, 11) is 1.61. The minimum atomic E-state index is -1.52. The van der Waals surface area contributed by atoms with Crippen molar-refractivity contribution in [2.75, 3.05) is 7.11 Å². The van der Waals surface area contributed by atoms with Gasteiger partial charge in [0.15, 0.2) is 12.1 Å². The Morgan fingerprint density at radius 1 is 1.14 bits per heavy atom. The zero-order valence-electron chi connectivity index (χ0n) is 22.4. The van der Waals surface area contributed by atoms with E-state index in [1.807, 2.05) is 13.8 Å². The lowest BCUT2D eigenvalue weighted by atomic mass is 9.42. The molecule has 6 aliphatic rings. The minimum Gasteiger partial charge on any atom is -0.456 e. The molecule has 37 heavy (non-hydrogen) atoms. The van der Waals surface area contributed by atoms with E-state index in [2.05, 4.69) is 0 Å². The van der Waals surface area contributed by atoms with Crippen LogP contribution in [0, 0.1) is 34.5 Å². The lowest BCUT2D eigenvalue weighted by Gasteiger charge is -2.63. The van der Waals surface area contributed by atoms with Crippen LogP contribution in [-0.2, 0) is 23.8 Å². The second-order valence-electron chi connectivity index (χ2n) is 13.0. The maximum absolute atomic E-state index is 13.4. The molecule has 12 atom stereocenters. The maximum Gasteiger partial charge on any atom is 0.334 e. The van der Waals surface area contributed by atoms with Crippen LogP contribution >= 0.6 is 0 Å². The summed E-state index contributed by atoms with van der Waals surface area (Å²) in [5.74, 6) is -1.28. The third-order valence-electron chi connectivity index (χ3n) is 12.0. The van der Waals surface area contributed by atoms with Crippen LogP contribution in [0.1, 0.15) is 66.2 Å². The van der Waals surface area contributed by atoms with E-state index in [-0.39, 0.29) is 41.8 Å². The molecule has 4 fully saturated rings. The van der Waals surface area contributed by atoms with Crippen LogP contribution in [-0.4, -0.2) is 70.0 Å². The number of methoxy groups -OCH3 is 1. The average molecular weight is 517 g/mol. The van der Waals surface area contributed by atoms with Gasteiger partial charge in [0.2, 0.25) is 0 Å². The highest BCUT2D eigenvalue weighted by Crippen LogP contribution is 2.73.